The predicted octanol–water partition coefficient (Wildman–Crippen LogP) is 3.81. The van der Waals surface area contributed by atoms with E-state index >= 15 is 0 Å². The van der Waals surface area contributed by atoms with Crippen LogP contribution >= 0.6 is 0 Å². The number of aliphatic hydroxyl groups is 1. The molecular formula is C17H20O. The molecular weight excluding hydrogens is 220 g/mol. The van der Waals surface area contributed by atoms with E-state index in [1.807, 2.05) is 50.2 Å². The summed E-state index contributed by atoms with van der Waals surface area (Å²) in [5.41, 5.74) is 3.40. The van der Waals surface area contributed by atoms with E-state index in [1.54, 1.807) is 0 Å². The summed E-state index contributed by atoms with van der Waals surface area (Å²) < 4.78 is 0. The van der Waals surface area contributed by atoms with Crippen molar-refractivity contribution in [3.05, 3.63) is 70.8 Å². The molecule has 1 nitrogen and oxygen atoms in total. The molecule has 0 fully saturated rings. The molecule has 0 aromatic heterocycles. The Bertz CT molecular complexity index is 524. The minimum atomic E-state index is -0.932. The molecule has 0 saturated carbocycles. The Labute approximate surface area is 109 Å². The van der Waals surface area contributed by atoms with Crippen molar-refractivity contribution in [3.63, 3.8) is 0 Å². The van der Waals surface area contributed by atoms with Crippen molar-refractivity contribution in [1.29, 1.82) is 0 Å². The first-order chi connectivity index (χ1) is 8.54. The van der Waals surface area contributed by atoms with Gasteiger partial charge in [-0.25, -0.2) is 0 Å². The Hall–Kier alpha value is -1.60. The van der Waals surface area contributed by atoms with Gasteiger partial charge in [0.05, 0.1) is 0 Å². The molecule has 0 heterocycles. The molecule has 0 bridgehead atoms. The van der Waals surface area contributed by atoms with Crippen molar-refractivity contribution in [2.24, 2.45) is 0 Å². The minimum Gasteiger partial charge on any atom is -0.381 e. The quantitative estimate of drug-likeness (QED) is 0.865. The summed E-state index contributed by atoms with van der Waals surface area (Å²) in [6.45, 7) is 6.02. The van der Waals surface area contributed by atoms with Crippen LogP contribution in [0.2, 0.25) is 0 Å². The second-order valence-corrected chi connectivity index (χ2v) is 4.99. The highest BCUT2D eigenvalue weighted by atomic mass is 16.3. The number of hydrogen-bond donors (Lipinski definition) is 1. The highest BCUT2D eigenvalue weighted by Gasteiger charge is 2.25. The molecule has 1 N–H and O–H groups in total. The molecule has 1 heteroatoms. The van der Waals surface area contributed by atoms with Crippen LogP contribution in [0.15, 0.2) is 48.5 Å². The van der Waals surface area contributed by atoms with Gasteiger partial charge in [0.2, 0.25) is 0 Å². The molecule has 0 amide bonds. The van der Waals surface area contributed by atoms with E-state index in [0.29, 0.717) is 0 Å². The van der Waals surface area contributed by atoms with E-state index in [4.69, 9.17) is 0 Å². The van der Waals surface area contributed by atoms with Crippen molar-refractivity contribution in [1.82, 2.24) is 0 Å². The Kier molecular flexibility index (Phi) is 3.53. The normalized spacial score (nSPS) is 14.2. The van der Waals surface area contributed by atoms with Gasteiger partial charge in [0, 0.05) is 0 Å². The van der Waals surface area contributed by atoms with Gasteiger partial charge >= 0.3 is 0 Å². The summed E-state index contributed by atoms with van der Waals surface area (Å²) >= 11 is 0. The minimum absolute atomic E-state index is 0.932. The second kappa shape index (κ2) is 4.95. The first kappa shape index (κ1) is 12.8. The van der Waals surface area contributed by atoms with Crippen LogP contribution in [0.25, 0.3) is 0 Å². The van der Waals surface area contributed by atoms with E-state index in [-0.39, 0.29) is 0 Å². The summed E-state index contributed by atoms with van der Waals surface area (Å²) in [6, 6.07) is 16.2. The van der Waals surface area contributed by atoms with Gasteiger partial charge in [-0.15, -0.1) is 0 Å². The zero-order chi connectivity index (χ0) is 13.2. The average Bonchev–Trinajstić information content (AvgIpc) is 2.39. The van der Waals surface area contributed by atoms with Gasteiger partial charge < -0.3 is 5.11 Å². The summed E-state index contributed by atoms with van der Waals surface area (Å²) in [6.07, 6.45) is 1.02. The second-order valence-electron chi connectivity index (χ2n) is 4.99. The average molecular weight is 240 g/mol. The fourth-order valence-corrected chi connectivity index (χ4v) is 2.18. The molecule has 0 radical (unpaired) electrons. The predicted molar refractivity (Wildman–Crippen MR) is 75.7 cm³/mol. The molecule has 0 aliphatic rings. The van der Waals surface area contributed by atoms with Gasteiger partial charge in [-0.1, -0.05) is 61.0 Å². The van der Waals surface area contributed by atoms with Crippen LogP contribution in [0.3, 0.4) is 0 Å². The van der Waals surface area contributed by atoms with Gasteiger partial charge in [-0.05, 0) is 37.0 Å². The third kappa shape index (κ3) is 2.46. The zero-order valence-electron chi connectivity index (χ0n) is 11.3. The maximum atomic E-state index is 10.7. The SMILES string of the molecule is CCc1ccc(C(C)(O)c2cccc(C)c2)cc1. The van der Waals surface area contributed by atoms with Crippen molar-refractivity contribution >= 4 is 0 Å². The molecule has 2 aromatic rings. The largest absolute Gasteiger partial charge is 0.381 e. The van der Waals surface area contributed by atoms with Crippen molar-refractivity contribution < 1.29 is 5.11 Å². The number of benzene rings is 2. The van der Waals surface area contributed by atoms with Crippen LogP contribution in [0.1, 0.15) is 36.1 Å². The highest BCUT2D eigenvalue weighted by molar-refractivity contribution is 5.38. The molecule has 2 rings (SSSR count). The lowest BCUT2D eigenvalue weighted by atomic mass is 9.87. The molecule has 0 saturated heterocycles. The van der Waals surface area contributed by atoms with Gasteiger partial charge in [0.1, 0.15) is 5.60 Å². The number of hydrogen-bond acceptors (Lipinski definition) is 1. The lowest BCUT2D eigenvalue weighted by molar-refractivity contribution is 0.102. The summed E-state index contributed by atoms with van der Waals surface area (Å²) in [4.78, 5) is 0. The Morgan fingerprint density at radius 1 is 1.00 bits per heavy atom. The smallest absolute Gasteiger partial charge is 0.112 e. The van der Waals surface area contributed by atoms with E-state index in [9.17, 15) is 5.11 Å². The molecule has 94 valence electrons. The Morgan fingerprint density at radius 3 is 2.22 bits per heavy atom. The first-order valence-corrected chi connectivity index (χ1v) is 6.43. The molecule has 0 spiro atoms. The van der Waals surface area contributed by atoms with Crippen molar-refractivity contribution in [3.8, 4) is 0 Å². The Balaban J connectivity index is 2.40. The fourth-order valence-electron chi connectivity index (χ4n) is 2.18. The summed E-state index contributed by atoms with van der Waals surface area (Å²) in [5.74, 6) is 0. The van der Waals surface area contributed by atoms with Gasteiger partial charge in [0.15, 0.2) is 0 Å². The zero-order valence-corrected chi connectivity index (χ0v) is 11.3. The molecule has 0 aliphatic heterocycles. The maximum Gasteiger partial charge on any atom is 0.112 e. The van der Waals surface area contributed by atoms with Gasteiger partial charge in [0.25, 0.3) is 0 Å². The van der Waals surface area contributed by atoms with E-state index in [2.05, 4.69) is 19.1 Å². The topological polar surface area (TPSA) is 20.2 Å². The van der Waals surface area contributed by atoms with Crippen molar-refractivity contribution in [2.75, 3.05) is 0 Å². The number of rotatable bonds is 3. The third-order valence-electron chi connectivity index (χ3n) is 3.50. The molecule has 1 unspecified atom stereocenters. The van der Waals surface area contributed by atoms with Crippen LogP contribution < -0.4 is 0 Å². The number of aryl methyl sites for hydroxylation is 2. The van der Waals surface area contributed by atoms with Crippen LogP contribution in [-0.4, -0.2) is 5.11 Å². The molecule has 18 heavy (non-hydrogen) atoms. The van der Waals surface area contributed by atoms with Crippen LogP contribution in [0.4, 0.5) is 0 Å². The standard InChI is InChI=1S/C17H20O/c1-4-14-8-10-15(11-9-14)17(3,18)16-7-5-6-13(2)12-16/h5-12,18H,4H2,1-3H3. The maximum absolute atomic E-state index is 10.7. The third-order valence-corrected chi connectivity index (χ3v) is 3.50. The van der Waals surface area contributed by atoms with E-state index in [1.165, 1.54) is 5.56 Å². The summed E-state index contributed by atoms with van der Waals surface area (Å²) in [7, 11) is 0. The molecule has 0 aliphatic carbocycles. The van der Waals surface area contributed by atoms with Gasteiger partial charge in [-0.2, -0.15) is 0 Å². The Morgan fingerprint density at radius 2 is 1.67 bits per heavy atom. The van der Waals surface area contributed by atoms with Crippen LogP contribution in [-0.2, 0) is 12.0 Å². The lowest BCUT2D eigenvalue weighted by Gasteiger charge is -2.25. The van der Waals surface area contributed by atoms with Crippen LogP contribution in [0.5, 0.6) is 0 Å². The van der Waals surface area contributed by atoms with E-state index < -0.39 is 5.60 Å². The molecule has 2 aromatic carbocycles. The first-order valence-electron chi connectivity index (χ1n) is 6.43. The van der Waals surface area contributed by atoms with Crippen LogP contribution in [0, 0.1) is 6.92 Å². The van der Waals surface area contributed by atoms with Crippen molar-refractivity contribution in [2.45, 2.75) is 32.8 Å². The molecule has 1 atom stereocenters. The van der Waals surface area contributed by atoms with E-state index in [0.717, 1.165) is 23.1 Å². The summed E-state index contributed by atoms with van der Waals surface area (Å²) in [5, 5.41) is 10.7. The van der Waals surface area contributed by atoms with Gasteiger partial charge in [-0.3, -0.25) is 0 Å². The lowest BCUT2D eigenvalue weighted by Crippen LogP contribution is -2.22. The monoisotopic (exact) mass is 240 g/mol. The fraction of sp³-hybridized carbons (Fsp3) is 0.294. The highest BCUT2D eigenvalue weighted by Crippen LogP contribution is 2.29.